The lowest BCUT2D eigenvalue weighted by molar-refractivity contribution is -0.121. The second-order valence-corrected chi connectivity index (χ2v) is 7.62. The highest BCUT2D eigenvalue weighted by molar-refractivity contribution is 7.20. The number of fused-ring (bicyclic) bond motifs is 1. The predicted octanol–water partition coefficient (Wildman–Crippen LogP) is 1.90. The molecule has 2 amide bonds. The molecule has 1 aromatic carbocycles. The molecule has 4 N–H and O–H groups in total. The number of para-hydroxylation sites is 1. The van der Waals surface area contributed by atoms with Gasteiger partial charge in [0.1, 0.15) is 22.4 Å². The van der Waals surface area contributed by atoms with Crippen LogP contribution in [0.5, 0.6) is 5.75 Å². The molecule has 1 atom stereocenters. The Morgan fingerprint density at radius 2 is 1.97 bits per heavy atom. The molecule has 152 valence electrons. The van der Waals surface area contributed by atoms with E-state index in [1.54, 1.807) is 21.0 Å². The Labute approximate surface area is 171 Å². The number of carbonyl (C=O) groups excluding carboxylic acids is 2. The molecule has 3 aromatic rings. The number of aryl methyl sites for hydroxylation is 1. The molecule has 3 rings (SSSR count). The fourth-order valence-electron chi connectivity index (χ4n) is 3.45. The summed E-state index contributed by atoms with van der Waals surface area (Å²) in [5.74, 6) is -0.236. The molecule has 1 unspecified atom stereocenters. The summed E-state index contributed by atoms with van der Waals surface area (Å²) in [5, 5.41) is 0.285. The van der Waals surface area contributed by atoms with Crippen molar-refractivity contribution in [3.05, 3.63) is 56.4 Å². The van der Waals surface area contributed by atoms with E-state index in [2.05, 4.69) is 4.98 Å². The van der Waals surface area contributed by atoms with E-state index >= 15 is 0 Å². The minimum absolute atomic E-state index is 0.252. The van der Waals surface area contributed by atoms with Gasteiger partial charge < -0.3 is 16.2 Å². The molecular weight excluding hydrogens is 392 g/mol. The highest BCUT2D eigenvalue weighted by Crippen LogP contribution is 2.29. The monoisotopic (exact) mass is 414 g/mol. The van der Waals surface area contributed by atoms with E-state index in [1.807, 2.05) is 24.3 Å². The fourth-order valence-corrected chi connectivity index (χ4v) is 4.49. The summed E-state index contributed by atoms with van der Waals surface area (Å²) in [6.07, 6.45) is 0.578. The second kappa shape index (κ2) is 8.04. The van der Waals surface area contributed by atoms with Crippen LogP contribution in [0.2, 0.25) is 0 Å². The Morgan fingerprint density at radius 3 is 2.55 bits per heavy atom. The van der Waals surface area contributed by atoms with Gasteiger partial charge in [-0.1, -0.05) is 25.1 Å². The Balaban J connectivity index is 2.33. The zero-order valence-corrected chi connectivity index (χ0v) is 17.2. The topological polar surface area (TPSA) is 130 Å². The molecule has 0 saturated heterocycles. The Kier molecular flexibility index (Phi) is 5.69. The third kappa shape index (κ3) is 3.61. The normalized spacial score (nSPS) is 12.1. The number of amides is 2. The molecule has 8 nitrogen and oxygen atoms in total. The van der Waals surface area contributed by atoms with Gasteiger partial charge in [-0.05, 0) is 25.0 Å². The predicted molar refractivity (Wildman–Crippen MR) is 111 cm³/mol. The molecule has 0 fully saturated rings. The van der Waals surface area contributed by atoms with Crippen LogP contribution in [0.4, 0.5) is 0 Å². The van der Waals surface area contributed by atoms with Crippen LogP contribution >= 0.6 is 11.3 Å². The van der Waals surface area contributed by atoms with Crippen LogP contribution in [0.3, 0.4) is 0 Å². The van der Waals surface area contributed by atoms with Crippen molar-refractivity contribution >= 4 is 33.4 Å². The Morgan fingerprint density at radius 1 is 1.28 bits per heavy atom. The number of rotatable bonds is 7. The molecule has 0 saturated carbocycles. The van der Waals surface area contributed by atoms with E-state index in [-0.39, 0.29) is 16.7 Å². The average molecular weight is 414 g/mol. The molecule has 0 aliphatic carbocycles. The van der Waals surface area contributed by atoms with E-state index in [0.717, 1.165) is 16.9 Å². The van der Waals surface area contributed by atoms with E-state index in [0.29, 0.717) is 28.4 Å². The van der Waals surface area contributed by atoms with E-state index in [4.69, 9.17) is 16.2 Å². The van der Waals surface area contributed by atoms with Crippen LogP contribution in [0.25, 0.3) is 10.2 Å². The van der Waals surface area contributed by atoms with Crippen LogP contribution in [0, 0.1) is 6.92 Å². The molecule has 9 heteroatoms. The summed E-state index contributed by atoms with van der Waals surface area (Å²) in [6, 6.07) is 6.50. The molecular formula is C20H22N4O4S. The van der Waals surface area contributed by atoms with Gasteiger partial charge in [-0.2, -0.15) is 0 Å². The van der Waals surface area contributed by atoms with Crippen molar-refractivity contribution in [2.45, 2.75) is 32.7 Å². The number of ether oxygens (including phenoxy) is 1. The van der Waals surface area contributed by atoms with Crippen LogP contribution in [0.15, 0.2) is 29.1 Å². The first-order valence-electron chi connectivity index (χ1n) is 9.05. The molecule has 0 aliphatic heterocycles. The van der Waals surface area contributed by atoms with Gasteiger partial charge in [-0.25, -0.2) is 4.98 Å². The minimum Gasteiger partial charge on any atom is -0.496 e. The van der Waals surface area contributed by atoms with Gasteiger partial charge in [-0.3, -0.25) is 19.0 Å². The van der Waals surface area contributed by atoms with Crippen molar-refractivity contribution in [3.63, 3.8) is 0 Å². The van der Waals surface area contributed by atoms with Gasteiger partial charge in [0.25, 0.3) is 11.5 Å². The average Bonchev–Trinajstić information content (AvgIpc) is 3.01. The van der Waals surface area contributed by atoms with Gasteiger partial charge >= 0.3 is 0 Å². The first-order chi connectivity index (χ1) is 13.8. The number of nitrogens with zero attached hydrogens (tertiary/aromatic N) is 2. The lowest BCUT2D eigenvalue weighted by Crippen LogP contribution is -2.36. The molecule has 0 radical (unpaired) electrons. The van der Waals surface area contributed by atoms with Crippen LogP contribution in [-0.4, -0.2) is 28.5 Å². The molecule has 0 aliphatic rings. The summed E-state index contributed by atoms with van der Waals surface area (Å²) in [4.78, 5) is 42.5. The highest BCUT2D eigenvalue weighted by atomic mass is 32.1. The van der Waals surface area contributed by atoms with Gasteiger partial charge in [-0.15, -0.1) is 11.3 Å². The standard InChI is InChI=1S/C20H22N4O4S/c1-4-12(17(21)25)24-14(9-11-7-5-6-8-13(11)28-3)23-19-15(20(24)27)10(2)16(29-19)18(22)26/h5-8,12H,4,9H2,1-3H3,(H2,21,25)(H2,22,26). The Hall–Kier alpha value is -3.20. The molecule has 2 heterocycles. The van der Waals surface area contributed by atoms with Crippen LogP contribution in [-0.2, 0) is 11.2 Å². The third-order valence-corrected chi connectivity index (χ3v) is 6.06. The summed E-state index contributed by atoms with van der Waals surface area (Å²) < 4.78 is 6.73. The van der Waals surface area contributed by atoms with Crippen molar-refractivity contribution < 1.29 is 14.3 Å². The molecule has 0 spiro atoms. The quantitative estimate of drug-likeness (QED) is 0.610. The summed E-state index contributed by atoms with van der Waals surface area (Å²) in [7, 11) is 1.56. The lowest BCUT2D eigenvalue weighted by Gasteiger charge is -2.19. The highest BCUT2D eigenvalue weighted by Gasteiger charge is 2.26. The second-order valence-electron chi connectivity index (χ2n) is 6.62. The van der Waals surface area contributed by atoms with E-state index in [1.165, 1.54) is 4.57 Å². The molecule has 0 bridgehead atoms. The fraction of sp³-hybridized carbons (Fsp3) is 0.300. The van der Waals surface area contributed by atoms with Crippen molar-refractivity contribution in [2.24, 2.45) is 11.5 Å². The van der Waals surface area contributed by atoms with Gasteiger partial charge in [0, 0.05) is 12.0 Å². The van der Waals surface area contributed by atoms with Gasteiger partial charge in [0.15, 0.2) is 0 Å². The zero-order chi connectivity index (χ0) is 21.3. The number of benzene rings is 1. The van der Waals surface area contributed by atoms with Crippen LogP contribution in [0.1, 0.15) is 46.0 Å². The smallest absolute Gasteiger partial charge is 0.263 e. The van der Waals surface area contributed by atoms with Crippen LogP contribution < -0.4 is 21.8 Å². The number of aromatic nitrogens is 2. The number of methoxy groups -OCH3 is 1. The third-order valence-electron chi connectivity index (χ3n) is 4.86. The molecule has 29 heavy (non-hydrogen) atoms. The Bertz CT molecular complexity index is 1170. The summed E-state index contributed by atoms with van der Waals surface area (Å²) in [6.45, 7) is 3.42. The van der Waals surface area contributed by atoms with Crippen molar-refractivity contribution in [1.82, 2.24) is 9.55 Å². The number of nitrogens with two attached hydrogens (primary N) is 2. The molecule has 2 aromatic heterocycles. The first-order valence-corrected chi connectivity index (χ1v) is 9.87. The number of hydrogen-bond acceptors (Lipinski definition) is 6. The lowest BCUT2D eigenvalue weighted by atomic mass is 10.1. The maximum Gasteiger partial charge on any atom is 0.263 e. The van der Waals surface area contributed by atoms with Crippen molar-refractivity contribution in [3.8, 4) is 5.75 Å². The van der Waals surface area contributed by atoms with Gasteiger partial charge in [0.05, 0.1) is 17.4 Å². The van der Waals surface area contributed by atoms with E-state index < -0.39 is 23.4 Å². The summed E-state index contributed by atoms with van der Waals surface area (Å²) in [5.41, 5.74) is 11.9. The number of carbonyl (C=O) groups is 2. The first kappa shape index (κ1) is 20.5. The number of thiophene rings is 1. The maximum atomic E-state index is 13.4. The van der Waals surface area contributed by atoms with E-state index in [9.17, 15) is 14.4 Å². The number of hydrogen-bond donors (Lipinski definition) is 2. The summed E-state index contributed by atoms with van der Waals surface area (Å²) >= 11 is 1.07. The van der Waals surface area contributed by atoms with Gasteiger partial charge in [0.2, 0.25) is 5.91 Å². The SMILES string of the molecule is CCC(C(N)=O)n1c(Cc2ccccc2OC)nc2sc(C(N)=O)c(C)c2c1=O. The van der Waals surface area contributed by atoms with Crippen molar-refractivity contribution in [2.75, 3.05) is 7.11 Å². The minimum atomic E-state index is -0.861. The maximum absolute atomic E-state index is 13.4. The van der Waals surface area contributed by atoms with Crippen molar-refractivity contribution in [1.29, 1.82) is 0 Å². The number of primary amides is 2. The largest absolute Gasteiger partial charge is 0.496 e. The zero-order valence-electron chi connectivity index (χ0n) is 16.4.